The quantitative estimate of drug-likeness (QED) is 0.704. The molecule has 0 radical (unpaired) electrons. The molecule has 9 heteroatoms. The van der Waals surface area contributed by atoms with Crippen molar-refractivity contribution in [1.82, 2.24) is 20.6 Å². The Morgan fingerprint density at radius 2 is 2.04 bits per heavy atom. The van der Waals surface area contributed by atoms with E-state index in [4.69, 9.17) is 9.47 Å². The molecule has 154 valence electrons. The van der Waals surface area contributed by atoms with Crippen molar-refractivity contribution in [2.75, 3.05) is 33.4 Å². The number of benzene rings is 1. The summed E-state index contributed by atoms with van der Waals surface area (Å²) in [6.07, 6.45) is 6.62. The average Bonchev–Trinajstić information content (AvgIpc) is 2.68. The number of carbonyl (C=O) groups is 1. The number of halogens is 2. The fourth-order valence-corrected chi connectivity index (χ4v) is 3.16. The Balaban J connectivity index is 0.00000196. The lowest BCUT2D eigenvalue weighted by Gasteiger charge is -2.37. The summed E-state index contributed by atoms with van der Waals surface area (Å²) in [7, 11) is 1.71. The molecule has 1 fully saturated rings. The van der Waals surface area contributed by atoms with Crippen molar-refractivity contribution in [1.29, 1.82) is 0 Å². The number of hydrogen-bond donors (Lipinski definition) is 2. The van der Waals surface area contributed by atoms with Gasteiger partial charge in [0.25, 0.3) is 5.91 Å². The van der Waals surface area contributed by atoms with Crippen LogP contribution in [-0.2, 0) is 4.74 Å². The number of methoxy groups -OCH3 is 1. The highest BCUT2D eigenvalue weighted by atomic mass is 35.5. The molecule has 0 aliphatic carbocycles. The summed E-state index contributed by atoms with van der Waals surface area (Å²) in [5, 5.41) is 6.41. The number of hydrogen-bond acceptors (Lipinski definition) is 6. The normalized spacial score (nSPS) is 14.9. The number of ether oxygens (including phenoxy) is 2. The van der Waals surface area contributed by atoms with Gasteiger partial charge in [0.1, 0.15) is 5.75 Å². The van der Waals surface area contributed by atoms with Crippen LogP contribution in [0.5, 0.6) is 11.6 Å². The minimum Gasteiger partial charge on any atom is -0.437 e. The maximum atomic E-state index is 12.6. The first-order valence-corrected chi connectivity index (χ1v) is 8.73. The molecule has 1 aromatic heterocycles. The monoisotopic (exact) mass is 428 g/mol. The molecule has 1 aliphatic rings. The molecule has 1 aromatic carbocycles. The van der Waals surface area contributed by atoms with Crippen LogP contribution in [0.1, 0.15) is 23.2 Å². The van der Waals surface area contributed by atoms with Gasteiger partial charge in [-0.1, -0.05) is 6.07 Å². The highest BCUT2D eigenvalue weighted by molar-refractivity contribution is 5.94. The van der Waals surface area contributed by atoms with E-state index in [0.717, 1.165) is 25.9 Å². The number of rotatable bonds is 7. The molecule has 1 amide bonds. The zero-order valence-corrected chi connectivity index (χ0v) is 17.4. The Bertz CT molecular complexity index is 723. The number of aromatic nitrogens is 2. The van der Waals surface area contributed by atoms with E-state index < -0.39 is 0 Å². The Morgan fingerprint density at radius 1 is 1.25 bits per heavy atom. The van der Waals surface area contributed by atoms with E-state index in [9.17, 15) is 4.79 Å². The van der Waals surface area contributed by atoms with Gasteiger partial charge in [0.15, 0.2) is 0 Å². The summed E-state index contributed by atoms with van der Waals surface area (Å²) >= 11 is 0. The van der Waals surface area contributed by atoms with Gasteiger partial charge in [-0.25, -0.2) is 4.98 Å². The fourth-order valence-electron chi connectivity index (χ4n) is 3.16. The molecule has 0 saturated carbocycles. The van der Waals surface area contributed by atoms with Gasteiger partial charge in [0.05, 0.1) is 12.8 Å². The third-order valence-corrected chi connectivity index (χ3v) is 4.60. The molecule has 0 spiro atoms. The van der Waals surface area contributed by atoms with Crippen molar-refractivity contribution in [3.05, 3.63) is 48.4 Å². The zero-order valence-electron chi connectivity index (χ0n) is 15.7. The van der Waals surface area contributed by atoms with E-state index in [-0.39, 0.29) is 36.1 Å². The molecular weight excluding hydrogens is 403 g/mol. The Labute approximate surface area is 177 Å². The van der Waals surface area contributed by atoms with Crippen molar-refractivity contribution >= 4 is 30.7 Å². The summed E-state index contributed by atoms with van der Waals surface area (Å²) in [5.74, 6) is 0.814. The van der Waals surface area contributed by atoms with E-state index in [1.807, 2.05) is 0 Å². The topological polar surface area (TPSA) is 85.4 Å². The van der Waals surface area contributed by atoms with E-state index in [1.54, 1.807) is 43.8 Å². The lowest BCUT2D eigenvalue weighted by molar-refractivity contribution is 0.0511. The summed E-state index contributed by atoms with van der Waals surface area (Å²) < 4.78 is 11.0. The van der Waals surface area contributed by atoms with Gasteiger partial charge in [-0.05, 0) is 44.1 Å². The molecular formula is C19H26Cl2N4O3. The summed E-state index contributed by atoms with van der Waals surface area (Å²) in [4.78, 5) is 20.6. The van der Waals surface area contributed by atoms with Crippen LogP contribution in [0.4, 0.5) is 0 Å². The van der Waals surface area contributed by atoms with Crippen molar-refractivity contribution < 1.29 is 14.3 Å². The van der Waals surface area contributed by atoms with Gasteiger partial charge >= 0.3 is 0 Å². The maximum Gasteiger partial charge on any atom is 0.251 e. The maximum absolute atomic E-state index is 12.6. The highest BCUT2D eigenvalue weighted by Crippen LogP contribution is 2.28. The molecule has 2 N–H and O–H groups in total. The predicted octanol–water partition coefficient (Wildman–Crippen LogP) is 2.86. The number of nitrogens with zero attached hydrogens (tertiary/aromatic N) is 2. The van der Waals surface area contributed by atoms with Crippen molar-refractivity contribution in [3.8, 4) is 11.6 Å². The van der Waals surface area contributed by atoms with Gasteiger partial charge in [0, 0.05) is 37.0 Å². The van der Waals surface area contributed by atoms with Gasteiger partial charge in [-0.2, -0.15) is 0 Å². The SMILES string of the molecule is COCC1(CNC(=O)c2cccc(Oc3cnccn3)c2)CCNCC1.Cl.Cl. The van der Waals surface area contributed by atoms with Crippen LogP contribution in [0.25, 0.3) is 0 Å². The third-order valence-electron chi connectivity index (χ3n) is 4.60. The number of nitrogens with one attached hydrogen (secondary N) is 2. The molecule has 3 rings (SSSR count). The van der Waals surface area contributed by atoms with E-state index in [0.29, 0.717) is 30.3 Å². The van der Waals surface area contributed by atoms with Crippen LogP contribution in [0.2, 0.25) is 0 Å². The largest absolute Gasteiger partial charge is 0.437 e. The fraction of sp³-hybridized carbons (Fsp3) is 0.421. The molecule has 0 atom stereocenters. The number of piperidine rings is 1. The second kappa shape index (κ2) is 11.8. The summed E-state index contributed by atoms with van der Waals surface area (Å²) in [6, 6.07) is 7.04. The predicted molar refractivity (Wildman–Crippen MR) is 112 cm³/mol. The summed E-state index contributed by atoms with van der Waals surface area (Å²) in [6.45, 7) is 3.13. The molecule has 2 heterocycles. The first-order chi connectivity index (χ1) is 12.7. The van der Waals surface area contributed by atoms with Gasteiger partial charge in [-0.3, -0.25) is 9.78 Å². The average molecular weight is 429 g/mol. The van der Waals surface area contributed by atoms with Crippen LogP contribution >= 0.6 is 24.8 Å². The van der Waals surface area contributed by atoms with Crippen LogP contribution in [0.3, 0.4) is 0 Å². The standard InChI is InChI=1S/C19H24N4O3.2ClH/c1-25-14-19(5-7-20-8-6-19)13-23-18(24)15-3-2-4-16(11-15)26-17-12-21-9-10-22-17;;/h2-4,9-12,20H,5-8,13-14H2,1H3,(H,23,24);2*1H. The van der Waals surface area contributed by atoms with Crippen molar-refractivity contribution in [3.63, 3.8) is 0 Å². The van der Waals surface area contributed by atoms with Gasteiger partial charge < -0.3 is 20.1 Å². The van der Waals surface area contributed by atoms with E-state index in [1.165, 1.54) is 6.20 Å². The van der Waals surface area contributed by atoms with Gasteiger partial charge in [0.2, 0.25) is 5.88 Å². The molecule has 0 unspecified atom stereocenters. The van der Waals surface area contributed by atoms with Crippen molar-refractivity contribution in [2.45, 2.75) is 12.8 Å². The second-order valence-electron chi connectivity index (χ2n) is 6.54. The minimum atomic E-state index is -0.122. The highest BCUT2D eigenvalue weighted by Gasteiger charge is 2.32. The molecule has 1 aliphatic heterocycles. The third kappa shape index (κ3) is 6.60. The summed E-state index contributed by atoms with van der Waals surface area (Å²) in [5.41, 5.74) is 0.538. The Morgan fingerprint density at radius 3 is 2.71 bits per heavy atom. The minimum absolute atomic E-state index is 0. The van der Waals surface area contributed by atoms with Crippen LogP contribution < -0.4 is 15.4 Å². The first-order valence-electron chi connectivity index (χ1n) is 8.73. The molecule has 1 saturated heterocycles. The lowest BCUT2D eigenvalue weighted by atomic mass is 9.79. The van der Waals surface area contributed by atoms with E-state index in [2.05, 4.69) is 20.6 Å². The molecule has 28 heavy (non-hydrogen) atoms. The van der Waals surface area contributed by atoms with Gasteiger partial charge in [-0.15, -0.1) is 24.8 Å². The van der Waals surface area contributed by atoms with Crippen LogP contribution in [0, 0.1) is 5.41 Å². The lowest BCUT2D eigenvalue weighted by Crippen LogP contribution is -2.47. The second-order valence-corrected chi connectivity index (χ2v) is 6.54. The number of amides is 1. The van der Waals surface area contributed by atoms with Crippen molar-refractivity contribution in [2.24, 2.45) is 5.41 Å². The Hall–Kier alpha value is -1.93. The van der Waals surface area contributed by atoms with Crippen LogP contribution in [-0.4, -0.2) is 49.2 Å². The smallest absolute Gasteiger partial charge is 0.251 e. The van der Waals surface area contributed by atoms with E-state index >= 15 is 0 Å². The first kappa shape index (κ1) is 24.1. The molecule has 0 bridgehead atoms. The molecule has 2 aromatic rings. The number of carbonyl (C=O) groups excluding carboxylic acids is 1. The Kier molecular flexibility index (Phi) is 10.2. The zero-order chi connectivity index (χ0) is 18.2. The van der Waals surface area contributed by atoms with Crippen LogP contribution in [0.15, 0.2) is 42.9 Å². The molecule has 7 nitrogen and oxygen atoms in total.